The van der Waals surface area contributed by atoms with Crippen LogP contribution in [0.4, 0.5) is 0 Å². The minimum Gasteiger partial charge on any atom is -0.353 e. The third kappa shape index (κ3) is 4.07. The Labute approximate surface area is 101 Å². The summed E-state index contributed by atoms with van der Waals surface area (Å²) in [6.07, 6.45) is 4.23. The van der Waals surface area contributed by atoms with Crippen LogP contribution in [-0.4, -0.2) is 12.5 Å². The van der Waals surface area contributed by atoms with Crippen molar-refractivity contribution in [3.63, 3.8) is 0 Å². The van der Waals surface area contributed by atoms with Crippen LogP contribution in [0.1, 0.15) is 24.5 Å². The number of hydrogen-bond acceptors (Lipinski definition) is 1. The van der Waals surface area contributed by atoms with Crippen LogP contribution < -0.4 is 5.32 Å². The maximum atomic E-state index is 11.3. The number of aryl methyl sites for hydroxylation is 1. The molecule has 3 heteroatoms. The highest BCUT2D eigenvalue weighted by atomic mass is 35.5. The number of amides is 1. The van der Waals surface area contributed by atoms with E-state index in [1.165, 1.54) is 6.08 Å². The standard InChI is InChI=1S/C13H16ClNO/c1-3-8-15-13(16)7-6-11-5-4-10(2)12(14)9-11/h4-7,9H,3,8H2,1-2H3,(H,15,16). The van der Waals surface area contributed by atoms with Gasteiger partial charge in [-0.05, 0) is 36.6 Å². The second-order valence-corrected chi connectivity index (χ2v) is 4.04. The normalized spacial score (nSPS) is 10.7. The molecule has 86 valence electrons. The fraction of sp³-hybridized carbons (Fsp3) is 0.308. The van der Waals surface area contributed by atoms with E-state index in [9.17, 15) is 4.79 Å². The molecule has 1 aromatic rings. The first kappa shape index (κ1) is 12.8. The Morgan fingerprint density at radius 2 is 2.25 bits per heavy atom. The van der Waals surface area contributed by atoms with E-state index in [1.807, 2.05) is 32.0 Å². The lowest BCUT2D eigenvalue weighted by Crippen LogP contribution is -2.21. The molecule has 0 heterocycles. The molecule has 0 fully saturated rings. The van der Waals surface area contributed by atoms with E-state index < -0.39 is 0 Å². The lowest BCUT2D eigenvalue weighted by Gasteiger charge is -2.00. The minimum atomic E-state index is -0.0708. The van der Waals surface area contributed by atoms with Gasteiger partial charge in [0.15, 0.2) is 0 Å². The molecule has 0 aliphatic heterocycles. The summed E-state index contributed by atoms with van der Waals surface area (Å²) < 4.78 is 0. The van der Waals surface area contributed by atoms with E-state index in [2.05, 4.69) is 5.32 Å². The average Bonchev–Trinajstić information content (AvgIpc) is 2.28. The van der Waals surface area contributed by atoms with Crippen LogP contribution in [0.15, 0.2) is 24.3 Å². The first-order valence-electron chi connectivity index (χ1n) is 5.35. The lowest BCUT2D eigenvalue weighted by atomic mass is 10.1. The predicted octanol–water partition coefficient (Wildman–Crippen LogP) is 3.19. The van der Waals surface area contributed by atoms with Gasteiger partial charge in [0, 0.05) is 17.6 Å². The molecule has 0 bridgehead atoms. The Balaban J connectivity index is 2.62. The molecular weight excluding hydrogens is 222 g/mol. The van der Waals surface area contributed by atoms with Crippen LogP contribution in [0.5, 0.6) is 0 Å². The van der Waals surface area contributed by atoms with E-state index in [0.29, 0.717) is 6.54 Å². The van der Waals surface area contributed by atoms with Crippen molar-refractivity contribution in [3.8, 4) is 0 Å². The summed E-state index contributed by atoms with van der Waals surface area (Å²) in [7, 11) is 0. The molecular formula is C13H16ClNO. The van der Waals surface area contributed by atoms with Crippen LogP contribution in [-0.2, 0) is 4.79 Å². The Morgan fingerprint density at radius 3 is 2.88 bits per heavy atom. The second-order valence-electron chi connectivity index (χ2n) is 3.63. The van der Waals surface area contributed by atoms with Gasteiger partial charge in [0.2, 0.25) is 5.91 Å². The third-order valence-electron chi connectivity index (χ3n) is 2.17. The molecule has 0 spiro atoms. The van der Waals surface area contributed by atoms with Crippen molar-refractivity contribution in [1.82, 2.24) is 5.32 Å². The van der Waals surface area contributed by atoms with Crippen LogP contribution in [0, 0.1) is 6.92 Å². The van der Waals surface area contributed by atoms with Gasteiger partial charge in [0.25, 0.3) is 0 Å². The fourth-order valence-electron chi connectivity index (χ4n) is 1.19. The zero-order valence-corrected chi connectivity index (χ0v) is 10.3. The number of carbonyl (C=O) groups excluding carboxylic acids is 1. The summed E-state index contributed by atoms with van der Waals surface area (Å²) in [6, 6.07) is 5.72. The average molecular weight is 238 g/mol. The zero-order chi connectivity index (χ0) is 12.0. The fourth-order valence-corrected chi connectivity index (χ4v) is 1.38. The van der Waals surface area contributed by atoms with Crippen molar-refractivity contribution in [2.45, 2.75) is 20.3 Å². The molecule has 0 saturated heterocycles. The molecule has 0 aliphatic rings. The molecule has 0 aliphatic carbocycles. The van der Waals surface area contributed by atoms with Crippen molar-refractivity contribution in [2.24, 2.45) is 0 Å². The van der Waals surface area contributed by atoms with Gasteiger partial charge in [0.05, 0.1) is 0 Å². The first-order valence-corrected chi connectivity index (χ1v) is 5.73. The SMILES string of the molecule is CCCNC(=O)C=Cc1ccc(C)c(Cl)c1. The smallest absolute Gasteiger partial charge is 0.243 e. The Kier molecular flexibility index (Phi) is 5.06. The van der Waals surface area contributed by atoms with Gasteiger partial charge in [-0.25, -0.2) is 0 Å². The Hall–Kier alpha value is -1.28. The topological polar surface area (TPSA) is 29.1 Å². The Morgan fingerprint density at radius 1 is 1.50 bits per heavy atom. The summed E-state index contributed by atoms with van der Waals surface area (Å²) in [4.78, 5) is 11.3. The Bertz CT molecular complexity index is 399. The third-order valence-corrected chi connectivity index (χ3v) is 2.58. The van der Waals surface area contributed by atoms with Crippen LogP contribution in [0.3, 0.4) is 0 Å². The van der Waals surface area contributed by atoms with E-state index in [0.717, 1.165) is 22.6 Å². The van der Waals surface area contributed by atoms with Crippen molar-refractivity contribution >= 4 is 23.6 Å². The highest BCUT2D eigenvalue weighted by Gasteiger charge is 1.96. The number of benzene rings is 1. The number of carbonyl (C=O) groups is 1. The summed E-state index contributed by atoms with van der Waals surface area (Å²) in [5.74, 6) is -0.0708. The molecule has 1 N–H and O–H groups in total. The summed E-state index contributed by atoms with van der Waals surface area (Å²) in [5, 5.41) is 3.49. The number of hydrogen-bond donors (Lipinski definition) is 1. The van der Waals surface area contributed by atoms with Gasteiger partial charge in [0.1, 0.15) is 0 Å². The maximum absolute atomic E-state index is 11.3. The van der Waals surface area contributed by atoms with Crippen LogP contribution in [0.2, 0.25) is 5.02 Å². The summed E-state index contributed by atoms with van der Waals surface area (Å²) in [5.41, 5.74) is 1.97. The molecule has 1 amide bonds. The van der Waals surface area contributed by atoms with Gasteiger partial charge in [-0.15, -0.1) is 0 Å². The highest BCUT2D eigenvalue weighted by molar-refractivity contribution is 6.31. The zero-order valence-electron chi connectivity index (χ0n) is 9.59. The monoisotopic (exact) mass is 237 g/mol. The lowest BCUT2D eigenvalue weighted by molar-refractivity contribution is -0.116. The molecule has 0 saturated carbocycles. The molecule has 0 radical (unpaired) electrons. The van der Waals surface area contributed by atoms with E-state index in [1.54, 1.807) is 6.08 Å². The maximum Gasteiger partial charge on any atom is 0.243 e. The quantitative estimate of drug-likeness (QED) is 0.801. The van der Waals surface area contributed by atoms with Crippen molar-refractivity contribution in [2.75, 3.05) is 6.54 Å². The van der Waals surface area contributed by atoms with Gasteiger partial charge in [-0.2, -0.15) is 0 Å². The summed E-state index contributed by atoms with van der Waals surface area (Å²) in [6.45, 7) is 4.67. The molecule has 0 unspecified atom stereocenters. The largest absolute Gasteiger partial charge is 0.353 e. The van der Waals surface area contributed by atoms with E-state index >= 15 is 0 Å². The van der Waals surface area contributed by atoms with Gasteiger partial charge in [-0.1, -0.05) is 30.7 Å². The van der Waals surface area contributed by atoms with Crippen LogP contribution in [0.25, 0.3) is 6.08 Å². The number of rotatable bonds is 4. The summed E-state index contributed by atoms with van der Waals surface area (Å²) >= 11 is 5.98. The number of halogens is 1. The number of nitrogens with one attached hydrogen (secondary N) is 1. The van der Waals surface area contributed by atoms with E-state index in [4.69, 9.17) is 11.6 Å². The second kappa shape index (κ2) is 6.33. The minimum absolute atomic E-state index is 0.0708. The van der Waals surface area contributed by atoms with E-state index in [-0.39, 0.29) is 5.91 Å². The predicted molar refractivity (Wildman–Crippen MR) is 68.5 cm³/mol. The van der Waals surface area contributed by atoms with Crippen molar-refractivity contribution in [3.05, 3.63) is 40.4 Å². The first-order chi connectivity index (χ1) is 7.63. The molecule has 16 heavy (non-hydrogen) atoms. The molecule has 0 aromatic heterocycles. The van der Waals surface area contributed by atoms with Gasteiger partial charge in [-0.3, -0.25) is 4.79 Å². The highest BCUT2D eigenvalue weighted by Crippen LogP contribution is 2.17. The van der Waals surface area contributed by atoms with Gasteiger partial charge >= 0.3 is 0 Å². The van der Waals surface area contributed by atoms with Crippen molar-refractivity contribution < 1.29 is 4.79 Å². The molecule has 0 atom stereocenters. The molecule has 1 aromatic carbocycles. The van der Waals surface area contributed by atoms with Crippen molar-refractivity contribution in [1.29, 1.82) is 0 Å². The molecule has 2 nitrogen and oxygen atoms in total. The van der Waals surface area contributed by atoms with Gasteiger partial charge < -0.3 is 5.32 Å². The molecule has 1 rings (SSSR count). The van der Waals surface area contributed by atoms with Crippen LogP contribution >= 0.6 is 11.6 Å².